The van der Waals surface area contributed by atoms with Crippen LogP contribution in [0.2, 0.25) is 0 Å². The number of fused-ring (bicyclic) bond motifs is 1. The quantitative estimate of drug-likeness (QED) is 0.872. The van der Waals surface area contributed by atoms with E-state index in [1.54, 1.807) is 0 Å². The molecule has 0 spiro atoms. The Hall–Kier alpha value is -1.39. The van der Waals surface area contributed by atoms with Crippen molar-refractivity contribution in [3.8, 4) is 0 Å². The third-order valence-electron chi connectivity index (χ3n) is 3.66. The van der Waals surface area contributed by atoms with Gasteiger partial charge in [-0.1, -0.05) is 18.2 Å². The number of rotatable bonds is 5. The zero-order valence-corrected chi connectivity index (χ0v) is 11.8. The Kier molecular flexibility index (Phi) is 4.56. The number of amides is 1. The molecule has 0 radical (unpaired) electrons. The van der Waals surface area contributed by atoms with Gasteiger partial charge in [-0.05, 0) is 38.7 Å². The lowest BCUT2D eigenvalue weighted by Gasteiger charge is -2.19. The fourth-order valence-electron chi connectivity index (χ4n) is 2.63. The van der Waals surface area contributed by atoms with E-state index in [0.717, 1.165) is 25.2 Å². The Morgan fingerprint density at radius 3 is 2.84 bits per heavy atom. The number of para-hydroxylation sites is 1. The van der Waals surface area contributed by atoms with Crippen LogP contribution in [-0.2, 0) is 4.79 Å². The molecule has 2 N–H and O–H groups in total. The lowest BCUT2D eigenvalue weighted by Crippen LogP contribution is -2.32. The number of carbonyl (C=O) groups is 1. The molecule has 1 aromatic carbocycles. The number of anilines is 1. The summed E-state index contributed by atoms with van der Waals surface area (Å²) in [6, 6.07) is 8.19. The highest BCUT2D eigenvalue weighted by molar-refractivity contribution is 5.96. The van der Waals surface area contributed by atoms with Gasteiger partial charge in [0.05, 0.1) is 0 Å². The average molecular weight is 261 g/mol. The van der Waals surface area contributed by atoms with Crippen LogP contribution in [0, 0.1) is 0 Å². The highest BCUT2D eigenvalue weighted by Crippen LogP contribution is 2.37. The molecule has 1 amide bonds. The normalized spacial score (nSPS) is 17.9. The zero-order chi connectivity index (χ0) is 13.8. The number of hydrogen-bond donors (Lipinski definition) is 1. The van der Waals surface area contributed by atoms with E-state index in [1.807, 2.05) is 42.1 Å². The number of carbonyl (C=O) groups excluding carboxylic acids is 1. The molecule has 19 heavy (non-hydrogen) atoms. The average Bonchev–Trinajstić information content (AvgIpc) is 2.76. The minimum atomic E-state index is 0.209. The molecule has 4 heteroatoms. The van der Waals surface area contributed by atoms with E-state index in [0.29, 0.717) is 18.9 Å². The topological polar surface area (TPSA) is 49.6 Å². The Labute approximate surface area is 115 Å². The molecule has 0 bridgehead atoms. The van der Waals surface area contributed by atoms with Crippen LogP contribution in [0.15, 0.2) is 24.3 Å². The van der Waals surface area contributed by atoms with Crippen molar-refractivity contribution in [1.82, 2.24) is 4.90 Å². The molecule has 1 unspecified atom stereocenters. The van der Waals surface area contributed by atoms with Crippen molar-refractivity contribution < 1.29 is 4.79 Å². The first-order valence-corrected chi connectivity index (χ1v) is 6.87. The summed E-state index contributed by atoms with van der Waals surface area (Å²) < 4.78 is 0. The Balaban J connectivity index is 2.13. The van der Waals surface area contributed by atoms with E-state index >= 15 is 0 Å². The van der Waals surface area contributed by atoms with Crippen LogP contribution in [0.4, 0.5) is 5.69 Å². The number of benzene rings is 1. The van der Waals surface area contributed by atoms with Crippen molar-refractivity contribution in [3.63, 3.8) is 0 Å². The first-order valence-electron chi connectivity index (χ1n) is 6.87. The minimum absolute atomic E-state index is 0.209. The SMILES string of the molecule is CN(C)CCC(=O)N1CC(CCN)c2ccccc21. The minimum Gasteiger partial charge on any atom is -0.330 e. The molecule has 1 atom stereocenters. The molecule has 4 nitrogen and oxygen atoms in total. The summed E-state index contributed by atoms with van der Waals surface area (Å²) in [5.41, 5.74) is 8.02. The van der Waals surface area contributed by atoms with Crippen molar-refractivity contribution in [2.45, 2.75) is 18.8 Å². The Morgan fingerprint density at radius 2 is 2.16 bits per heavy atom. The zero-order valence-electron chi connectivity index (χ0n) is 11.8. The number of hydrogen-bond acceptors (Lipinski definition) is 3. The maximum Gasteiger partial charge on any atom is 0.228 e. The molecule has 0 aromatic heterocycles. The predicted molar refractivity (Wildman–Crippen MR) is 78.4 cm³/mol. The van der Waals surface area contributed by atoms with Gasteiger partial charge in [-0.25, -0.2) is 0 Å². The molecule has 1 heterocycles. The van der Waals surface area contributed by atoms with Crippen LogP contribution in [0.3, 0.4) is 0 Å². The van der Waals surface area contributed by atoms with Crippen LogP contribution >= 0.6 is 0 Å². The van der Waals surface area contributed by atoms with Gasteiger partial charge >= 0.3 is 0 Å². The predicted octanol–water partition coefficient (Wildman–Crippen LogP) is 1.42. The van der Waals surface area contributed by atoms with Crippen LogP contribution in [-0.4, -0.2) is 44.5 Å². The van der Waals surface area contributed by atoms with Gasteiger partial charge in [-0.3, -0.25) is 4.79 Å². The second kappa shape index (κ2) is 6.17. The van der Waals surface area contributed by atoms with E-state index in [2.05, 4.69) is 6.07 Å². The molecule has 2 rings (SSSR count). The third kappa shape index (κ3) is 3.14. The monoisotopic (exact) mass is 261 g/mol. The van der Waals surface area contributed by atoms with Crippen LogP contribution < -0.4 is 10.6 Å². The smallest absolute Gasteiger partial charge is 0.228 e. The van der Waals surface area contributed by atoms with E-state index in [4.69, 9.17) is 5.73 Å². The summed E-state index contributed by atoms with van der Waals surface area (Å²) in [5.74, 6) is 0.602. The third-order valence-corrected chi connectivity index (χ3v) is 3.66. The van der Waals surface area contributed by atoms with E-state index in [1.165, 1.54) is 5.56 Å². The Morgan fingerprint density at radius 1 is 1.42 bits per heavy atom. The first-order chi connectivity index (χ1) is 9.13. The van der Waals surface area contributed by atoms with Crippen molar-refractivity contribution in [1.29, 1.82) is 0 Å². The fourth-order valence-corrected chi connectivity index (χ4v) is 2.63. The highest BCUT2D eigenvalue weighted by Gasteiger charge is 2.31. The van der Waals surface area contributed by atoms with Crippen LogP contribution in [0.1, 0.15) is 24.3 Å². The lowest BCUT2D eigenvalue weighted by atomic mass is 9.98. The number of nitrogens with two attached hydrogens (primary N) is 1. The molecular formula is C15H23N3O. The number of nitrogens with zero attached hydrogens (tertiary/aromatic N) is 2. The summed E-state index contributed by atoms with van der Waals surface area (Å²) in [4.78, 5) is 16.3. The summed E-state index contributed by atoms with van der Waals surface area (Å²) in [7, 11) is 3.98. The maximum absolute atomic E-state index is 12.3. The molecule has 104 valence electrons. The molecular weight excluding hydrogens is 238 g/mol. The lowest BCUT2D eigenvalue weighted by molar-refractivity contribution is -0.118. The summed E-state index contributed by atoms with van der Waals surface area (Å²) in [5, 5.41) is 0. The van der Waals surface area contributed by atoms with Gasteiger partial charge in [0, 0.05) is 31.1 Å². The van der Waals surface area contributed by atoms with E-state index in [-0.39, 0.29) is 5.91 Å². The summed E-state index contributed by atoms with van der Waals surface area (Å²) in [6.07, 6.45) is 1.51. The van der Waals surface area contributed by atoms with Crippen molar-refractivity contribution in [2.24, 2.45) is 5.73 Å². The fraction of sp³-hybridized carbons (Fsp3) is 0.533. The molecule has 1 aliphatic rings. The van der Waals surface area contributed by atoms with Crippen LogP contribution in [0.5, 0.6) is 0 Å². The molecule has 0 saturated carbocycles. The highest BCUT2D eigenvalue weighted by atomic mass is 16.2. The molecule has 0 saturated heterocycles. The summed E-state index contributed by atoms with van der Waals surface area (Å²) in [6.45, 7) is 2.24. The van der Waals surface area contributed by atoms with E-state index < -0.39 is 0 Å². The molecule has 1 aliphatic heterocycles. The van der Waals surface area contributed by atoms with Gasteiger partial charge in [0.15, 0.2) is 0 Å². The second-order valence-corrected chi connectivity index (χ2v) is 5.39. The van der Waals surface area contributed by atoms with Gasteiger partial charge in [0.2, 0.25) is 5.91 Å². The van der Waals surface area contributed by atoms with Gasteiger partial charge in [-0.15, -0.1) is 0 Å². The van der Waals surface area contributed by atoms with Crippen molar-refractivity contribution in [2.75, 3.05) is 38.6 Å². The van der Waals surface area contributed by atoms with Crippen molar-refractivity contribution in [3.05, 3.63) is 29.8 Å². The van der Waals surface area contributed by atoms with Gasteiger partial charge < -0.3 is 15.5 Å². The Bertz CT molecular complexity index is 445. The van der Waals surface area contributed by atoms with Gasteiger partial charge in [-0.2, -0.15) is 0 Å². The van der Waals surface area contributed by atoms with E-state index in [9.17, 15) is 4.79 Å². The molecule has 1 aromatic rings. The standard InChI is InChI=1S/C15H23N3O/c1-17(2)10-8-15(19)18-11-12(7-9-16)13-5-3-4-6-14(13)18/h3-6,12H,7-11,16H2,1-2H3. The largest absolute Gasteiger partial charge is 0.330 e. The first kappa shape index (κ1) is 14.0. The van der Waals surface area contributed by atoms with Crippen molar-refractivity contribution >= 4 is 11.6 Å². The molecule has 0 fully saturated rings. The summed E-state index contributed by atoms with van der Waals surface area (Å²) >= 11 is 0. The maximum atomic E-state index is 12.3. The van der Waals surface area contributed by atoms with Gasteiger partial charge in [0.1, 0.15) is 0 Å². The second-order valence-electron chi connectivity index (χ2n) is 5.39. The van der Waals surface area contributed by atoms with Gasteiger partial charge in [0.25, 0.3) is 0 Å². The van der Waals surface area contributed by atoms with Crippen LogP contribution in [0.25, 0.3) is 0 Å². The molecule has 0 aliphatic carbocycles.